The number of benzene rings is 2. The van der Waals surface area contributed by atoms with E-state index in [1.165, 1.54) is 5.56 Å². The number of halogens is 1. The lowest BCUT2D eigenvalue weighted by atomic mass is 10.1. The summed E-state index contributed by atoms with van der Waals surface area (Å²) in [6.07, 6.45) is 2.13. The summed E-state index contributed by atoms with van der Waals surface area (Å²) in [6.45, 7) is 2.15. The lowest BCUT2D eigenvalue weighted by Crippen LogP contribution is -2.30. The molecule has 0 bridgehead atoms. The molecule has 2 N–H and O–H groups in total. The van der Waals surface area contributed by atoms with E-state index in [-0.39, 0.29) is 5.56 Å². The van der Waals surface area contributed by atoms with Crippen molar-refractivity contribution in [2.45, 2.75) is 19.8 Å². The van der Waals surface area contributed by atoms with Gasteiger partial charge in [0, 0.05) is 10.0 Å². The van der Waals surface area contributed by atoms with Gasteiger partial charge in [-0.2, -0.15) is 0 Å². The van der Waals surface area contributed by atoms with Crippen LogP contribution in [-0.2, 0) is 6.42 Å². The number of para-hydroxylation sites is 1. The second-order valence-corrected chi connectivity index (χ2v) is 6.05. The van der Waals surface area contributed by atoms with E-state index in [2.05, 4.69) is 40.0 Å². The van der Waals surface area contributed by atoms with Crippen molar-refractivity contribution < 1.29 is 0 Å². The standard InChI is InChI=1S/C17H16BrN3O/c1-2-4-11-7-9-12(10-8-11)16-20-15-13(17(22)21(16)19)5-3-6-14(15)18/h3,5-10H,2,4,19H2,1H3. The molecule has 0 aliphatic carbocycles. The molecule has 1 heterocycles. The van der Waals surface area contributed by atoms with E-state index in [0.29, 0.717) is 16.7 Å². The molecule has 0 amide bonds. The first-order valence-electron chi connectivity index (χ1n) is 7.17. The van der Waals surface area contributed by atoms with Crippen LogP contribution in [0.4, 0.5) is 0 Å². The van der Waals surface area contributed by atoms with Gasteiger partial charge < -0.3 is 5.84 Å². The summed E-state index contributed by atoms with van der Waals surface area (Å²) in [4.78, 5) is 17.0. The highest BCUT2D eigenvalue weighted by Gasteiger charge is 2.12. The predicted octanol–water partition coefficient (Wildman–Crippen LogP) is 3.49. The van der Waals surface area contributed by atoms with Crippen molar-refractivity contribution in [2.24, 2.45) is 0 Å². The van der Waals surface area contributed by atoms with Crippen LogP contribution in [0.25, 0.3) is 22.3 Å². The van der Waals surface area contributed by atoms with Crippen molar-refractivity contribution >= 4 is 26.8 Å². The molecule has 0 aliphatic heterocycles. The van der Waals surface area contributed by atoms with E-state index in [1.807, 2.05) is 18.2 Å². The first kappa shape index (κ1) is 14.8. The van der Waals surface area contributed by atoms with Gasteiger partial charge in [0.05, 0.1) is 10.9 Å². The Bertz CT molecular complexity index is 885. The second kappa shape index (κ2) is 5.93. The Morgan fingerprint density at radius 3 is 2.59 bits per heavy atom. The van der Waals surface area contributed by atoms with Gasteiger partial charge in [-0.3, -0.25) is 4.79 Å². The molecule has 5 heteroatoms. The Hall–Kier alpha value is -2.14. The molecular weight excluding hydrogens is 342 g/mol. The van der Waals surface area contributed by atoms with Crippen LogP contribution in [-0.4, -0.2) is 9.66 Å². The number of nitrogen functional groups attached to an aromatic ring is 1. The maximum atomic E-state index is 12.4. The number of nitrogens with zero attached hydrogens (tertiary/aromatic N) is 2. The molecule has 0 saturated carbocycles. The van der Waals surface area contributed by atoms with Crippen LogP contribution in [0.3, 0.4) is 0 Å². The summed E-state index contributed by atoms with van der Waals surface area (Å²) in [5.74, 6) is 6.42. The number of aryl methyl sites for hydroxylation is 1. The first-order valence-corrected chi connectivity index (χ1v) is 7.96. The molecule has 0 spiro atoms. The van der Waals surface area contributed by atoms with Crippen LogP contribution in [0.1, 0.15) is 18.9 Å². The summed E-state index contributed by atoms with van der Waals surface area (Å²) >= 11 is 3.44. The molecule has 0 unspecified atom stereocenters. The van der Waals surface area contributed by atoms with Gasteiger partial charge in [-0.15, -0.1) is 0 Å². The molecule has 3 aromatic rings. The van der Waals surface area contributed by atoms with Crippen molar-refractivity contribution in [2.75, 3.05) is 5.84 Å². The molecule has 2 aromatic carbocycles. The topological polar surface area (TPSA) is 60.9 Å². The molecule has 1 aromatic heterocycles. The Morgan fingerprint density at radius 1 is 1.18 bits per heavy atom. The highest BCUT2D eigenvalue weighted by Crippen LogP contribution is 2.23. The van der Waals surface area contributed by atoms with E-state index >= 15 is 0 Å². The monoisotopic (exact) mass is 357 g/mol. The highest BCUT2D eigenvalue weighted by atomic mass is 79.9. The van der Waals surface area contributed by atoms with Gasteiger partial charge in [-0.25, -0.2) is 9.66 Å². The minimum Gasteiger partial charge on any atom is -0.334 e. The zero-order chi connectivity index (χ0) is 15.7. The van der Waals surface area contributed by atoms with Gasteiger partial charge in [0.15, 0.2) is 5.82 Å². The zero-order valence-electron chi connectivity index (χ0n) is 12.2. The molecule has 0 aliphatic rings. The average molecular weight is 358 g/mol. The Labute approximate surface area is 136 Å². The quantitative estimate of drug-likeness (QED) is 0.729. The van der Waals surface area contributed by atoms with Crippen molar-refractivity contribution in [3.8, 4) is 11.4 Å². The van der Waals surface area contributed by atoms with E-state index in [1.54, 1.807) is 12.1 Å². The van der Waals surface area contributed by atoms with Crippen LogP contribution in [0.15, 0.2) is 51.7 Å². The average Bonchev–Trinajstić information content (AvgIpc) is 2.53. The molecule has 0 atom stereocenters. The van der Waals surface area contributed by atoms with Crippen LogP contribution in [0.5, 0.6) is 0 Å². The van der Waals surface area contributed by atoms with Crippen molar-refractivity contribution in [1.82, 2.24) is 9.66 Å². The SMILES string of the molecule is CCCc1ccc(-c2nc3c(Br)cccc3c(=O)n2N)cc1. The predicted molar refractivity (Wildman–Crippen MR) is 93.3 cm³/mol. The Kier molecular flexibility index (Phi) is 3.98. The fourth-order valence-corrected chi connectivity index (χ4v) is 2.95. The van der Waals surface area contributed by atoms with E-state index in [4.69, 9.17) is 5.84 Å². The zero-order valence-corrected chi connectivity index (χ0v) is 13.8. The van der Waals surface area contributed by atoms with Crippen molar-refractivity contribution in [3.63, 3.8) is 0 Å². The van der Waals surface area contributed by atoms with Crippen LogP contribution < -0.4 is 11.4 Å². The third-order valence-electron chi connectivity index (χ3n) is 3.63. The van der Waals surface area contributed by atoms with Gasteiger partial charge in [0.2, 0.25) is 0 Å². The maximum Gasteiger partial charge on any atom is 0.280 e. The largest absolute Gasteiger partial charge is 0.334 e. The van der Waals surface area contributed by atoms with Crippen molar-refractivity contribution in [3.05, 3.63) is 62.9 Å². The minimum absolute atomic E-state index is 0.251. The molecular formula is C17H16BrN3O. The Balaban J connectivity index is 2.20. The second-order valence-electron chi connectivity index (χ2n) is 5.19. The minimum atomic E-state index is -0.251. The lowest BCUT2D eigenvalue weighted by molar-refractivity contribution is 0.916. The fourth-order valence-electron chi connectivity index (χ4n) is 2.50. The number of hydrogen-bond acceptors (Lipinski definition) is 3. The molecule has 112 valence electrons. The third kappa shape index (κ3) is 2.52. The molecule has 4 nitrogen and oxygen atoms in total. The van der Waals surface area contributed by atoms with Gasteiger partial charge in [-0.1, -0.05) is 43.7 Å². The molecule has 22 heavy (non-hydrogen) atoms. The number of fused-ring (bicyclic) bond motifs is 1. The van der Waals surface area contributed by atoms with Crippen molar-refractivity contribution in [1.29, 1.82) is 0 Å². The fraction of sp³-hybridized carbons (Fsp3) is 0.176. The van der Waals surface area contributed by atoms with Gasteiger partial charge in [-0.05, 0) is 40.0 Å². The van der Waals surface area contributed by atoms with Crippen LogP contribution >= 0.6 is 15.9 Å². The lowest BCUT2D eigenvalue weighted by Gasteiger charge is -2.10. The number of hydrogen-bond donors (Lipinski definition) is 1. The molecule has 0 fully saturated rings. The highest BCUT2D eigenvalue weighted by molar-refractivity contribution is 9.10. The normalized spacial score (nSPS) is 11.0. The van der Waals surface area contributed by atoms with Gasteiger partial charge in [0.1, 0.15) is 0 Å². The van der Waals surface area contributed by atoms with Gasteiger partial charge >= 0.3 is 0 Å². The van der Waals surface area contributed by atoms with Crippen LogP contribution in [0.2, 0.25) is 0 Å². The Morgan fingerprint density at radius 2 is 1.91 bits per heavy atom. The molecule has 3 rings (SSSR count). The maximum absolute atomic E-state index is 12.4. The number of aromatic nitrogens is 2. The van der Waals surface area contributed by atoms with E-state index in [9.17, 15) is 4.79 Å². The van der Waals surface area contributed by atoms with E-state index in [0.717, 1.165) is 27.6 Å². The van der Waals surface area contributed by atoms with Crippen LogP contribution in [0, 0.1) is 0 Å². The summed E-state index contributed by atoms with van der Waals surface area (Å²) in [5.41, 5.74) is 2.47. The van der Waals surface area contributed by atoms with Gasteiger partial charge in [0.25, 0.3) is 5.56 Å². The summed E-state index contributed by atoms with van der Waals surface area (Å²) in [6, 6.07) is 13.4. The smallest absolute Gasteiger partial charge is 0.280 e. The van der Waals surface area contributed by atoms with E-state index < -0.39 is 0 Å². The molecule has 0 saturated heterocycles. The first-order chi connectivity index (χ1) is 10.6. The summed E-state index contributed by atoms with van der Waals surface area (Å²) in [7, 11) is 0. The summed E-state index contributed by atoms with van der Waals surface area (Å²) in [5, 5.41) is 0.503. The summed E-state index contributed by atoms with van der Waals surface area (Å²) < 4.78 is 1.90. The molecule has 0 radical (unpaired) electrons. The third-order valence-corrected chi connectivity index (χ3v) is 4.27. The number of rotatable bonds is 3. The number of nitrogens with two attached hydrogens (primary N) is 1.